The molecule has 3 aromatic rings. The van der Waals surface area contributed by atoms with Crippen LogP contribution in [0.2, 0.25) is 0 Å². The lowest BCUT2D eigenvalue weighted by molar-refractivity contribution is 0.0963. The number of Topliss-reactive ketones (excluding diaryl/α,β-unsaturated/α-hetero) is 2. The van der Waals surface area contributed by atoms with Crippen LogP contribution in [0.4, 0.5) is 0 Å². The smallest absolute Gasteiger partial charge is 0.219 e. The summed E-state index contributed by atoms with van der Waals surface area (Å²) in [5.74, 6) is -0.288. The van der Waals surface area contributed by atoms with Crippen molar-refractivity contribution in [1.29, 1.82) is 0 Å². The van der Waals surface area contributed by atoms with Crippen LogP contribution in [0, 0.1) is 0 Å². The molecule has 1 aliphatic carbocycles. The zero-order valence-electron chi connectivity index (χ0n) is 15.2. The van der Waals surface area contributed by atoms with Crippen LogP contribution in [-0.4, -0.2) is 54.3 Å². The lowest BCUT2D eigenvalue weighted by Crippen LogP contribution is -2.27. The molecule has 0 spiro atoms. The first-order valence-electron chi connectivity index (χ1n) is 8.79. The van der Waals surface area contributed by atoms with Gasteiger partial charge in [0.15, 0.2) is 5.78 Å². The van der Waals surface area contributed by atoms with E-state index in [2.05, 4.69) is 16.0 Å². The van der Waals surface area contributed by atoms with Gasteiger partial charge in [0.25, 0.3) is 0 Å². The quantitative estimate of drug-likeness (QED) is 0.695. The van der Waals surface area contributed by atoms with Gasteiger partial charge in [-0.25, -0.2) is 4.98 Å². The molecule has 0 fully saturated rings. The van der Waals surface area contributed by atoms with Crippen LogP contribution >= 0.6 is 11.3 Å². The van der Waals surface area contributed by atoms with E-state index in [1.807, 2.05) is 55.4 Å². The summed E-state index contributed by atoms with van der Waals surface area (Å²) in [6.45, 7) is 1.25. The lowest BCUT2D eigenvalue weighted by Gasteiger charge is -2.11. The fraction of sp³-hybridized carbons (Fsp3) is 0.238. The predicted molar refractivity (Wildman–Crippen MR) is 109 cm³/mol. The third-order valence-electron chi connectivity index (χ3n) is 4.53. The van der Waals surface area contributed by atoms with Crippen molar-refractivity contribution in [3.05, 3.63) is 53.0 Å². The Morgan fingerprint density at radius 2 is 1.89 bits per heavy atom. The van der Waals surface area contributed by atoms with Gasteiger partial charge >= 0.3 is 0 Å². The summed E-state index contributed by atoms with van der Waals surface area (Å²) >= 11 is 1.28. The first kappa shape index (κ1) is 17.7. The highest BCUT2D eigenvalue weighted by atomic mass is 32.1. The maximum Gasteiger partial charge on any atom is 0.219 e. The molecular formula is C21H19N3O2S. The number of carbonyl (C=O) groups is 2. The molecule has 0 radical (unpaired) electrons. The number of hydrogen-bond acceptors (Lipinski definition) is 6. The van der Waals surface area contributed by atoms with Gasteiger partial charge in [-0.05, 0) is 30.9 Å². The van der Waals surface area contributed by atoms with Gasteiger partial charge in [-0.15, -0.1) is 11.3 Å². The van der Waals surface area contributed by atoms with E-state index in [1.54, 1.807) is 0 Å². The van der Waals surface area contributed by atoms with Crippen molar-refractivity contribution in [2.24, 2.45) is 4.99 Å². The standard InChI is InChI=1S/C21H19N3O2S/c1-24(2)10-9-22-16-12-17(25)18-20(19(16)26)27-21(23-18)15-8-7-13-5-3-4-6-14(13)11-15/h3-8,11H,9-10,12H2,1-2H3. The van der Waals surface area contributed by atoms with Crippen LogP contribution in [0.15, 0.2) is 47.5 Å². The van der Waals surface area contributed by atoms with Crippen LogP contribution in [0.3, 0.4) is 0 Å². The second-order valence-corrected chi connectivity index (χ2v) is 7.82. The molecule has 0 saturated heterocycles. The van der Waals surface area contributed by atoms with E-state index in [-0.39, 0.29) is 18.0 Å². The molecule has 0 saturated carbocycles. The molecule has 2 aromatic carbocycles. The Balaban J connectivity index is 1.69. The van der Waals surface area contributed by atoms with Crippen molar-refractivity contribution in [3.63, 3.8) is 0 Å². The Labute approximate surface area is 161 Å². The largest absolute Gasteiger partial charge is 0.308 e. The van der Waals surface area contributed by atoms with E-state index >= 15 is 0 Å². The Kier molecular flexibility index (Phi) is 4.68. The molecule has 27 heavy (non-hydrogen) atoms. The maximum atomic E-state index is 12.8. The summed E-state index contributed by atoms with van der Waals surface area (Å²) in [4.78, 5) is 36.5. The number of nitrogens with zero attached hydrogens (tertiary/aromatic N) is 3. The van der Waals surface area contributed by atoms with Crippen molar-refractivity contribution in [3.8, 4) is 10.6 Å². The van der Waals surface area contributed by atoms with Crippen molar-refractivity contribution in [2.45, 2.75) is 6.42 Å². The number of thiazole rings is 1. The highest BCUT2D eigenvalue weighted by molar-refractivity contribution is 7.18. The molecule has 136 valence electrons. The minimum absolute atomic E-state index is 0.0418. The number of hydrogen-bond donors (Lipinski definition) is 0. The minimum Gasteiger partial charge on any atom is -0.308 e. The molecular weight excluding hydrogens is 358 g/mol. The predicted octanol–water partition coefficient (Wildman–Crippen LogP) is 3.74. The van der Waals surface area contributed by atoms with Crippen LogP contribution in [-0.2, 0) is 0 Å². The van der Waals surface area contributed by atoms with E-state index in [0.29, 0.717) is 27.8 Å². The molecule has 6 heteroatoms. The van der Waals surface area contributed by atoms with Crippen molar-refractivity contribution in [2.75, 3.05) is 27.2 Å². The van der Waals surface area contributed by atoms with Crippen LogP contribution in [0.1, 0.15) is 26.6 Å². The van der Waals surface area contributed by atoms with Gasteiger partial charge in [-0.1, -0.05) is 36.4 Å². The molecule has 1 heterocycles. The molecule has 1 aromatic heterocycles. The van der Waals surface area contributed by atoms with E-state index in [4.69, 9.17) is 0 Å². The average molecular weight is 377 g/mol. The van der Waals surface area contributed by atoms with Gasteiger partial charge in [0.1, 0.15) is 15.6 Å². The highest BCUT2D eigenvalue weighted by Gasteiger charge is 2.33. The average Bonchev–Trinajstić information content (AvgIpc) is 3.11. The second kappa shape index (κ2) is 7.13. The first-order chi connectivity index (χ1) is 13.0. The van der Waals surface area contributed by atoms with Gasteiger partial charge in [-0.3, -0.25) is 14.6 Å². The Morgan fingerprint density at radius 1 is 1.11 bits per heavy atom. The third kappa shape index (κ3) is 3.46. The number of benzene rings is 2. The molecule has 0 amide bonds. The normalized spacial score (nSPS) is 15.7. The summed E-state index contributed by atoms with van der Waals surface area (Å²) in [7, 11) is 3.90. The van der Waals surface area contributed by atoms with E-state index in [0.717, 1.165) is 22.9 Å². The first-order valence-corrected chi connectivity index (χ1v) is 9.60. The van der Waals surface area contributed by atoms with Crippen LogP contribution in [0.5, 0.6) is 0 Å². The Bertz CT molecular complexity index is 1080. The van der Waals surface area contributed by atoms with E-state index < -0.39 is 0 Å². The summed E-state index contributed by atoms with van der Waals surface area (Å²) in [5.41, 5.74) is 1.56. The zero-order valence-corrected chi connectivity index (χ0v) is 16.0. The topological polar surface area (TPSA) is 62.6 Å². The van der Waals surface area contributed by atoms with Gasteiger partial charge < -0.3 is 4.90 Å². The molecule has 1 aliphatic rings. The molecule has 4 rings (SSSR count). The van der Waals surface area contributed by atoms with Crippen LogP contribution in [0.25, 0.3) is 21.3 Å². The maximum absolute atomic E-state index is 12.8. The van der Waals surface area contributed by atoms with Gasteiger partial charge in [-0.2, -0.15) is 0 Å². The summed E-state index contributed by atoms with van der Waals surface area (Å²) < 4.78 is 0. The van der Waals surface area contributed by atoms with E-state index in [9.17, 15) is 9.59 Å². The second-order valence-electron chi connectivity index (χ2n) is 6.82. The summed E-state index contributed by atoms with van der Waals surface area (Å²) in [6.07, 6.45) is 0.0418. The molecule has 0 N–H and O–H groups in total. The third-order valence-corrected chi connectivity index (χ3v) is 5.64. The number of aromatic nitrogens is 1. The molecule has 0 aliphatic heterocycles. The Morgan fingerprint density at radius 3 is 2.67 bits per heavy atom. The SMILES string of the molecule is CN(C)CCN=C1CC(=O)c2nc(-c3ccc4ccccc4c3)sc2C1=O. The summed E-state index contributed by atoms with van der Waals surface area (Å²) in [5, 5.41) is 2.94. The van der Waals surface area contributed by atoms with Gasteiger partial charge in [0.05, 0.1) is 18.7 Å². The number of ketones is 2. The van der Waals surface area contributed by atoms with Crippen molar-refractivity contribution >= 4 is 39.4 Å². The van der Waals surface area contributed by atoms with Crippen molar-refractivity contribution in [1.82, 2.24) is 9.88 Å². The molecule has 0 atom stereocenters. The molecule has 0 unspecified atom stereocenters. The summed E-state index contributed by atoms with van der Waals surface area (Å²) in [6, 6.07) is 14.1. The fourth-order valence-corrected chi connectivity index (χ4v) is 4.11. The molecule has 0 bridgehead atoms. The highest BCUT2D eigenvalue weighted by Crippen LogP contribution is 2.33. The fourth-order valence-electron chi connectivity index (χ4n) is 3.07. The number of rotatable bonds is 4. The minimum atomic E-state index is -0.159. The van der Waals surface area contributed by atoms with Gasteiger partial charge in [0.2, 0.25) is 5.78 Å². The van der Waals surface area contributed by atoms with E-state index in [1.165, 1.54) is 11.3 Å². The number of carbonyl (C=O) groups excluding carboxylic acids is 2. The Hall–Kier alpha value is -2.70. The van der Waals surface area contributed by atoms with Crippen molar-refractivity contribution < 1.29 is 9.59 Å². The molecule has 5 nitrogen and oxygen atoms in total. The number of fused-ring (bicyclic) bond motifs is 2. The van der Waals surface area contributed by atoms with Crippen LogP contribution < -0.4 is 0 Å². The lowest BCUT2D eigenvalue weighted by atomic mass is 9.98. The van der Waals surface area contributed by atoms with Gasteiger partial charge in [0, 0.05) is 12.1 Å². The monoisotopic (exact) mass is 377 g/mol. The number of likely N-dealkylation sites (N-methyl/N-ethyl adjacent to an activating group) is 1. The number of aliphatic imine (C=N–C) groups is 1. The zero-order chi connectivity index (χ0) is 19.0.